The zero-order valence-corrected chi connectivity index (χ0v) is 9.70. The predicted octanol–water partition coefficient (Wildman–Crippen LogP) is 2.87. The second-order valence-corrected chi connectivity index (χ2v) is 3.92. The predicted molar refractivity (Wildman–Crippen MR) is 56.7 cm³/mol. The van der Waals surface area contributed by atoms with Gasteiger partial charge in [-0.15, -0.1) is 0 Å². The first kappa shape index (κ1) is 12.1. The highest BCUT2D eigenvalue weighted by Gasteiger charge is 2.15. The van der Waals surface area contributed by atoms with Crippen molar-refractivity contribution in [1.29, 1.82) is 0 Å². The first-order valence-electron chi connectivity index (χ1n) is 4.49. The Morgan fingerprint density at radius 3 is 2.73 bits per heavy atom. The summed E-state index contributed by atoms with van der Waals surface area (Å²) in [6, 6.07) is 2.23. The van der Waals surface area contributed by atoms with Crippen LogP contribution >= 0.6 is 15.9 Å². The molecule has 0 fully saturated rings. The largest absolute Gasteiger partial charge is 0.352 e. The molecule has 0 aliphatic carbocycles. The van der Waals surface area contributed by atoms with Crippen molar-refractivity contribution in [1.82, 2.24) is 5.32 Å². The van der Waals surface area contributed by atoms with Gasteiger partial charge >= 0.3 is 0 Å². The number of amides is 1. The van der Waals surface area contributed by atoms with Crippen LogP contribution in [0.3, 0.4) is 0 Å². The second-order valence-electron chi connectivity index (χ2n) is 3.01. The summed E-state index contributed by atoms with van der Waals surface area (Å²) in [5, 5.41) is 2.48. The Kier molecular flexibility index (Phi) is 4.20. The molecule has 1 aromatic carbocycles. The van der Waals surface area contributed by atoms with Crippen LogP contribution in [-0.2, 0) is 0 Å². The summed E-state index contributed by atoms with van der Waals surface area (Å²) in [6.07, 6.45) is 0.740. The van der Waals surface area contributed by atoms with Gasteiger partial charge in [0.15, 0.2) is 11.6 Å². The molecule has 0 aliphatic rings. The van der Waals surface area contributed by atoms with Crippen LogP contribution in [0.4, 0.5) is 8.78 Å². The fraction of sp³-hybridized carbons (Fsp3) is 0.300. The van der Waals surface area contributed by atoms with Crippen molar-refractivity contribution >= 4 is 21.8 Å². The van der Waals surface area contributed by atoms with Gasteiger partial charge in [0.05, 0.1) is 5.56 Å². The quantitative estimate of drug-likeness (QED) is 0.846. The first-order valence-corrected chi connectivity index (χ1v) is 5.28. The molecule has 1 rings (SSSR count). The summed E-state index contributed by atoms with van der Waals surface area (Å²) in [4.78, 5) is 11.4. The van der Waals surface area contributed by atoms with Crippen molar-refractivity contribution in [2.24, 2.45) is 0 Å². The van der Waals surface area contributed by atoms with Crippen molar-refractivity contribution in [2.75, 3.05) is 6.54 Å². The summed E-state index contributed by atoms with van der Waals surface area (Å²) in [7, 11) is 0. The van der Waals surface area contributed by atoms with E-state index in [1.54, 1.807) is 0 Å². The number of carbonyl (C=O) groups excluding carboxylic acids is 1. The Morgan fingerprint density at radius 2 is 2.13 bits per heavy atom. The van der Waals surface area contributed by atoms with Crippen molar-refractivity contribution < 1.29 is 13.6 Å². The molecule has 0 aliphatic heterocycles. The van der Waals surface area contributed by atoms with E-state index in [2.05, 4.69) is 21.2 Å². The maximum atomic E-state index is 13.2. The van der Waals surface area contributed by atoms with Crippen LogP contribution in [0.5, 0.6) is 0 Å². The zero-order chi connectivity index (χ0) is 11.4. The Hall–Kier alpha value is -0.970. The summed E-state index contributed by atoms with van der Waals surface area (Å²) in [6.45, 7) is 2.31. The standard InChI is InChI=1S/C10H10BrF2NO/c1-2-3-14-10(15)7-4-6(11)5-8(12)9(7)13/h4-5H,2-3H2,1H3,(H,14,15). The molecule has 0 radical (unpaired) electrons. The van der Waals surface area contributed by atoms with Crippen LogP contribution < -0.4 is 5.32 Å². The number of benzene rings is 1. The molecule has 0 aromatic heterocycles. The Balaban J connectivity index is 2.98. The van der Waals surface area contributed by atoms with Crippen LogP contribution in [0.1, 0.15) is 23.7 Å². The molecule has 2 nitrogen and oxygen atoms in total. The number of rotatable bonds is 3. The van der Waals surface area contributed by atoms with Gasteiger partial charge in [-0.2, -0.15) is 0 Å². The summed E-state index contributed by atoms with van der Waals surface area (Å²) in [5.74, 6) is -2.76. The van der Waals surface area contributed by atoms with Crippen molar-refractivity contribution in [3.05, 3.63) is 33.8 Å². The van der Waals surface area contributed by atoms with Gasteiger partial charge in [0.25, 0.3) is 5.91 Å². The number of hydrogen-bond acceptors (Lipinski definition) is 1. The zero-order valence-electron chi connectivity index (χ0n) is 8.11. The Bertz CT molecular complexity index is 382. The van der Waals surface area contributed by atoms with E-state index < -0.39 is 17.5 Å². The van der Waals surface area contributed by atoms with Gasteiger partial charge < -0.3 is 5.32 Å². The Morgan fingerprint density at radius 1 is 1.47 bits per heavy atom. The van der Waals surface area contributed by atoms with Gasteiger partial charge in [-0.1, -0.05) is 22.9 Å². The minimum absolute atomic E-state index is 0.282. The molecule has 0 bridgehead atoms. The molecule has 15 heavy (non-hydrogen) atoms. The van der Waals surface area contributed by atoms with Crippen LogP contribution in [0.15, 0.2) is 16.6 Å². The molecule has 5 heteroatoms. The number of hydrogen-bond donors (Lipinski definition) is 1. The Labute approximate surface area is 94.8 Å². The van der Waals surface area contributed by atoms with Crippen LogP contribution in [-0.4, -0.2) is 12.5 Å². The van der Waals surface area contributed by atoms with Gasteiger partial charge in [0.2, 0.25) is 0 Å². The van der Waals surface area contributed by atoms with Gasteiger partial charge in [0, 0.05) is 11.0 Å². The van der Waals surface area contributed by atoms with Crippen molar-refractivity contribution in [2.45, 2.75) is 13.3 Å². The van der Waals surface area contributed by atoms with Crippen LogP contribution in [0.25, 0.3) is 0 Å². The topological polar surface area (TPSA) is 29.1 Å². The lowest BCUT2D eigenvalue weighted by atomic mass is 10.2. The van der Waals surface area contributed by atoms with E-state index in [0.717, 1.165) is 12.5 Å². The minimum Gasteiger partial charge on any atom is -0.352 e. The van der Waals surface area contributed by atoms with Crippen molar-refractivity contribution in [3.63, 3.8) is 0 Å². The molecule has 0 heterocycles. The van der Waals surface area contributed by atoms with Gasteiger partial charge in [0.1, 0.15) is 0 Å². The average molecular weight is 278 g/mol. The SMILES string of the molecule is CCCNC(=O)c1cc(Br)cc(F)c1F. The van der Waals surface area contributed by atoms with Gasteiger partial charge in [-0.05, 0) is 18.6 Å². The molecule has 1 aromatic rings. The van der Waals surface area contributed by atoms with E-state index in [-0.39, 0.29) is 5.56 Å². The smallest absolute Gasteiger partial charge is 0.254 e. The van der Waals surface area contributed by atoms with E-state index in [4.69, 9.17) is 0 Å². The van der Waals surface area contributed by atoms with Crippen molar-refractivity contribution in [3.8, 4) is 0 Å². The number of carbonyl (C=O) groups is 1. The summed E-state index contributed by atoms with van der Waals surface area (Å²) >= 11 is 3.00. The number of halogens is 3. The molecule has 0 spiro atoms. The fourth-order valence-electron chi connectivity index (χ4n) is 1.05. The highest BCUT2D eigenvalue weighted by Crippen LogP contribution is 2.19. The highest BCUT2D eigenvalue weighted by molar-refractivity contribution is 9.10. The molecule has 0 saturated carbocycles. The van der Waals surface area contributed by atoms with E-state index in [9.17, 15) is 13.6 Å². The van der Waals surface area contributed by atoms with E-state index in [1.807, 2.05) is 6.92 Å². The van der Waals surface area contributed by atoms with Gasteiger partial charge in [-0.3, -0.25) is 4.79 Å². The molecule has 0 unspecified atom stereocenters. The lowest BCUT2D eigenvalue weighted by molar-refractivity contribution is 0.0948. The fourth-order valence-corrected chi connectivity index (χ4v) is 1.48. The second kappa shape index (κ2) is 5.21. The van der Waals surface area contributed by atoms with Crippen LogP contribution in [0, 0.1) is 11.6 Å². The number of nitrogens with one attached hydrogen (secondary N) is 1. The summed E-state index contributed by atoms with van der Waals surface area (Å²) < 4.78 is 26.5. The maximum Gasteiger partial charge on any atom is 0.254 e. The normalized spacial score (nSPS) is 10.1. The molecule has 0 saturated heterocycles. The molecule has 1 N–H and O–H groups in total. The average Bonchev–Trinajstić information content (AvgIpc) is 2.19. The molecule has 1 amide bonds. The third-order valence-electron chi connectivity index (χ3n) is 1.77. The van der Waals surface area contributed by atoms with Crippen LogP contribution in [0.2, 0.25) is 0 Å². The molecular weight excluding hydrogens is 268 g/mol. The first-order chi connectivity index (χ1) is 7.06. The van der Waals surface area contributed by atoms with E-state index >= 15 is 0 Å². The lowest BCUT2D eigenvalue weighted by Crippen LogP contribution is -2.25. The third kappa shape index (κ3) is 2.99. The van der Waals surface area contributed by atoms with E-state index in [1.165, 1.54) is 6.07 Å². The molecular formula is C10H10BrF2NO. The molecule has 0 atom stereocenters. The summed E-state index contributed by atoms with van der Waals surface area (Å²) in [5.41, 5.74) is -0.282. The lowest BCUT2D eigenvalue weighted by Gasteiger charge is -2.05. The third-order valence-corrected chi connectivity index (χ3v) is 2.23. The van der Waals surface area contributed by atoms with Gasteiger partial charge in [-0.25, -0.2) is 8.78 Å². The maximum absolute atomic E-state index is 13.2. The monoisotopic (exact) mass is 277 g/mol. The van der Waals surface area contributed by atoms with E-state index in [0.29, 0.717) is 11.0 Å². The molecule has 82 valence electrons. The minimum atomic E-state index is -1.12. The highest BCUT2D eigenvalue weighted by atomic mass is 79.9.